The molecule has 2 aliphatic heterocycles. The molecule has 0 bridgehead atoms. The van der Waals surface area contributed by atoms with Crippen molar-refractivity contribution in [2.75, 3.05) is 12.3 Å². The van der Waals surface area contributed by atoms with Crippen LogP contribution in [0.3, 0.4) is 0 Å². The first-order chi connectivity index (χ1) is 14.9. The molecular weight excluding hydrogens is 412 g/mol. The number of hydrogen-bond acceptors (Lipinski definition) is 11. The van der Waals surface area contributed by atoms with E-state index in [0.29, 0.717) is 0 Å². The number of hydrogen-bond donors (Lipinski definition) is 1. The van der Waals surface area contributed by atoms with Gasteiger partial charge < -0.3 is 24.7 Å². The largest absolute Gasteiger partial charge is 0.458 e. The lowest BCUT2D eigenvalue weighted by atomic mass is 10.1. The number of fused-ring (bicyclic) bond motifs is 1. The molecule has 2 N–H and O–H groups in total. The fourth-order valence-corrected chi connectivity index (χ4v) is 3.15. The van der Waals surface area contributed by atoms with E-state index < -0.39 is 48.1 Å². The molecule has 0 aliphatic carbocycles. The molecule has 31 heavy (non-hydrogen) atoms. The summed E-state index contributed by atoms with van der Waals surface area (Å²) in [5, 5.41) is 0. The molecule has 12 nitrogen and oxygen atoms in total. The summed E-state index contributed by atoms with van der Waals surface area (Å²) in [6.45, 7) is -0.362. The van der Waals surface area contributed by atoms with E-state index >= 15 is 0 Å². The Morgan fingerprint density at radius 2 is 1.84 bits per heavy atom. The Morgan fingerprint density at radius 3 is 2.52 bits per heavy atom. The Labute approximate surface area is 174 Å². The van der Waals surface area contributed by atoms with Crippen LogP contribution in [-0.2, 0) is 28.5 Å². The fourth-order valence-electron chi connectivity index (χ4n) is 3.15. The van der Waals surface area contributed by atoms with Crippen LogP contribution in [0.1, 0.15) is 16.7 Å². The van der Waals surface area contributed by atoms with Crippen molar-refractivity contribution in [2.24, 2.45) is 0 Å². The quantitative estimate of drug-likeness (QED) is 0.487. The highest BCUT2D eigenvalue weighted by Gasteiger charge is 2.51. The van der Waals surface area contributed by atoms with Crippen molar-refractivity contribution < 1.29 is 33.3 Å². The van der Waals surface area contributed by atoms with Crippen molar-refractivity contribution >= 4 is 23.7 Å². The van der Waals surface area contributed by atoms with Gasteiger partial charge in [-0.2, -0.15) is 4.98 Å². The number of carbonyl (C=O) groups is 3. The molecule has 1 saturated heterocycles. The van der Waals surface area contributed by atoms with Crippen molar-refractivity contribution in [3.63, 3.8) is 0 Å². The molecule has 0 spiro atoms. The Kier molecular flexibility index (Phi) is 5.45. The van der Waals surface area contributed by atoms with Crippen LogP contribution in [0.25, 0.3) is 0 Å². The molecule has 2 aromatic rings. The minimum Gasteiger partial charge on any atom is -0.458 e. The summed E-state index contributed by atoms with van der Waals surface area (Å²) in [5.41, 5.74) is 4.81. The van der Waals surface area contributed by atoms with Gasteiger partial charge in [0.15, 0.2) is 18.4 Å². The van der Waals surface area contributed by atoms with Gasteiger partial charge in [0, 0.05) is 24.5 Å². The predicted molar refractivity (Wildman–Crippen MR) is 100 cm³/mol. The van der Waals surface area contributed by atoms with Gasteiger partial charge in [0.1, 0.15) is 24.2 Å². The minimum atomic E-state index is -1.21. The lowest BCUT2D eigenvalue weighted by Crippen LogP contribution is -2.43. The Bertz CT molecular complexity index is 1100. The zero-order valence-corrected chi connectivity index (χ0v) is 15.8. The van der Waals surface area contributed by atoms with Gasteiger partial charge in [-0.1, -0.05) is 6.07 Å². The summed E-state index contributed by atoms with van der Waals surface area (Å²) in [6, 6.07) is 6.07. The SMILES string of the molecule is Nc1ccn([C@@H]2O[C@H](COC(=O)c3ccccn3)C3OC(=O)/C=C\C(=O)O[C@@H]32)c(=O)n1. The number of anilines is 1. The second kappa shape index (κ2) is 8.36. The third-order valence-electron chi connectivity index (χ3n) is 4.52. The van der Waals surface area contributed by atoms with Crippen molar-refractivity contribution in [1.29, 1.82) is 0 Å². The van der Waals surface area contributed by atoms with E-state index in [2.05, 4.69) is 9.97 Å². The molecule has 1 unspecified atom stereocenters. The minimum absolute atomic E-state index is 0.0133. The maximum atomic E-state index is 12.3. The molecule has 2 aromatic heterocycles. The van der Waals surface area contributed by atoms with E-state index in [1.54, 1.807) is 12.1 Å². The molecule has 4 rings (SSSR count). The maximum Gasteiger partial charge on any atom is 0.357 e. The number of nitrogens with two attached hydrogens (primary N) is 1. The van der Waals surface area contributed by atoms with Gasteiger partial charge in [-0.15, -0.1) is 0 Å². The standard InChI is InChI=1S/C19H16N4O8/c20-12-6-8-23(19(27)22-12)17-16-15(30-13(24)4-5-14(25)31-16)11(29-17)9-28-18(26)10-3-1-2-7-21-10/h1-8,11,15-17H,9H2,(H2,20,22,27)/b5-4-/t11-,15?,16+,17-/m1/s1. The number of carbonyl (C=O) groups excluding carboxylic acids is 3. The van der Waals surface area contributed by atoms with E-state index in [-0.39, 0.29) is 18.1 Å². The number of rotatable bonds is 4. The summed E-state index contributed by atoms with van der Waals surface area (Å²) in [5.74, 6) is -2.40. The molecule has 0 aromatic carbocycles. The highest BCUT2D eigenvalue weighted by Crippen LogP contribution is 2.34. The molecule has 2 aliphatic rings. The number of pyridine rings is 1. The fraction of sp³-hybridized carbons (Fsp3) is 0.263. The van der Waals surface area contributed by atoms with Crippen LogP contribution in [-0.4, -0.2) is 57.4 Å². The van der Waals surface area contributed by atoms with Crippen LogP contribution in [0.4, 0.5) is 5.82 Å². The highest BCUT2D eigenvalue weighted by molar-refractivity contribution is 5.92. The van der Waals surface area contributed by atoms with Crippen LogP contribution in [0, 0.1) is 0 Å². The van der Waals surface area contributed by atoms with Crippen molar-refractivity contribution in [3.8, 4) is 0 Å². The first kappa shape index (κ1) is 20.2. The summed E-state index contributed by atoms with van der Waals surface area (Å²) in [4.78, 5) is 56.0. The number of aromatic nitrogens is 3. The molecule has 0 amide bonds. The zero-order valence-electron chi connectivity index (χ0n) is 15.8. The van der Waals surface area contributed by atoms with Crippen LogP contribution >= 0.6 is 0 Å². The molecule has 12 heteroatoms. The first-order valence-corrected chi connectivity index (χ1v) is 9.10. The molecule has 4 heterocycles. The smallest absolute Gasteiger partial charge is 0.357 e. The number of nitrogens with zero attached hydrogens (tertiary/aromatic N) is 3. The average Bonchev–Trinajstić information content (AvgIpc) is 3.06. The average molecular weight is 428 g/mol. The Hall–Kier alpha value is -4.06. The van der Waals surface area contributed by atoms with Crippen LogP contribution < -0.4 is 11.4 Å². The zero-order chi connectivity index (χ0) is 22.0. The van der Waals surface area contributed by atoms with Gasteiger partial charge in [-0.05, 0) is 18.2 Å². The van der Waals surface area contributed by atoms with Crippen molar-refractivity contribution in [1.82, 2.24) is 14.5 Å². The van der Waals surface area contributed by atoms with Crippen molar-refractivity contribution in [3.05, 3.63) is 65.0 Å². The van der Waals surface area contributed by atoms with E-state index in [9.17, 15) is 19.2 Å². The molecule has 160 valence electrons. The van der Waals surface area contributed by atoms with Gasteiger partial charge in [-0.3, -0.25) is 4.57 Å². The van der Waals surface area contributed by atoms with Gasteiger partial charge in [0.05, 0.1) is 0 Å². The Morgan fingerprint density at radius 1 is 1.10 bits per heavy atom. The second-order valence-electron chi connectivity index (χ2n) is 6.56. The number of nitrogen functional groups attached to an aromatic ring is 1. The number of ether oxygens (including phenoxy) is 4. The highest BCUT2D eigenvalue weighted by atomic mass is 16.7. The van der Waals surface area contributed by atoms with Crippen molar-refractivity contribution in [2.45, 2.75) is 24.5 Å². The predicted octanol–water partition coefficient (Wildman–Crippen LogP) is -0.632. The van der Waals surface area contributed by atoms with Gasteiger partial charge in [0.2, 0.25) is 0 Å². The van der Waals surface area contributed by atoms with E-state index in [4.69, 9.17) is 24.7 Å². The summed E-state index contributed by atoms with van der Waals surface area (Å²) in [7, 11) is 0. The van der Waals surface area contributed by atoms with Gasteiger partial charge in [0.25, 0.3) is 0 Å². The maximum absolute atomic E-state index is 12.3. The monoisotopic (exact) mass is 428 g/mol. The molecular formula is C19H16N4O8. The van der Waals surface area contributed by atoms with Gasteiger partial charge >= 0.3 is 23.6 Å². The number of esters is 3. The Balaban J connectivity index is 1.61. The molecule has 0 radical (unpaired) electrons. The molecule has 4 atom stereocenters. The summed E-state index contributed by atoms with van der Waals surface area (Å²) < 4.78 is 22.8. The van der Waals surface area contributed by atoms with E-state index in [1.165, 1.54) is 24.5 Å². The molecule has 1 fully saturated rings. The normalized spacial score (nSPS) is 26.1. The van der Waals surface area contributed by atoms with Crippen LogP contribution in [0.15, 0.2) is 53.6 Å². The lowest BCUT2D eigenvalue weighted by molar-refractivity contribution is -0.164. The van der Waals surface area contributed by atoms with Crippen LogP contribution in [0.2, 0.25) is 0 Å². The summed E-state index contributed by atoms with van der Waals surface area (Å²) >= 11 is 0. The second-order valence-corrected chi connectivity index (χ2v) is 6.56. The van der Waals surface area contributed by atoms with Gasteiger partial charge in [-0.25, -0.2) is 24.2 Å². The van der Waals surface area contributed by atoms with E-state index in [0.717, 1.165) is 16.7 Å². The topological polar surface area (TPSA) is 162 Å². The first-order valence-electron chi connectivity index (χ1n) is 9.10. The van der Waals surface area contributed by atoms with Crippen LogP contribution in [0.5, 0.6) is 0 Å². The molecule has 0 saturated carbocycles. The van der Waals surface area contributed by atoms with E-state index in [1.807, 2.05) is 0 Å². The summed E-state index contributed by atoms with van der Waals surface area (Å²) in [6.07, 6.45) is -0.0806. The third-order valence-corrected chi connectivity index (χ3v) is 4.52. The third kappa shape index (κ3) is 4.28. The lowest BCUT2D eigenvalue weighted by Gasteiger charge is -2.25.